The zero-order chi connectivity index (χ0) is 23.8. The van der Waals surface area contributed by atoms with Crippen molar-refractivity contribution in [3.63, 3.8) is 0 Å². The maximum absolute atomic E-state index is 13.0. The van der Waals surface area contributed by atoms with Crippen molar-refractivity contribution in [1.29, 1.82) is 0 Å². The van der Waals surface area contributed by atoms with Crippen LogP contribution >= 0.6 is 0 Å². The second kappa shape index (κ2) is 10.6. The predicted molar refractivity (Wildman–Crippen MR) is 124 cm³/mol. The Hall–Kier alpha value is -4.21. The van der Waals surface area contributed by atoms with E-state index in [9.17, 15) is 13.2 Å². The summed E-state index contributed by atoms with van der Waals surface area (Å²) in [5.41, 5.74) is 1.80. The molecule has 0 bridgehead atoms. The molecule has 0 aliphatic heterocycles. The number of aromatic nitrogens is 4. The van der Waals surface area contributed by atoms with E-state index in [0.29, 0.717) is 30.5 Å². The Kier molecular flexibility index (Phi) is 7.16. The van der Waals surface area contributed by atoms with Crippen molar-refractivity contribution in [2.75, 3.05) is 16.0 Å². The van der Waals surface area contributed by atoms with Gasteiger partial charge in [-0.1, -0.05) is 42.5 Å². The predicted octanol–water partition coefficient (Wildman–Crippen LogP) is 5.12. The van der Waals surface area contributed by atoms with Gasteiger partial charge in [0, 0.05) is 32.0 Å². The summed E-state index contributed by atoms with van der Waals surface area (Å²) in [7, 11) is 0. The highest BCUT2D eigenvalue weighted by atomic mass is 19.4. The molecule has 2 heterocycles. The second-order valence-corrected chi connectivity index (χ2v) is 7.41. The Morgan fingerprint density at radius 3 is 1.65 bits per heavy atom. The Balaban J connectivity index is 1.50. The summed E-state index contributed by atoms with van der Waals surface area (Å²) in [6.07, 6.45) is -1.01. The van der Waals surface area contributed by atoms with Crippen molar-refractivity contribution in [3.05, 3.63) is 101 Å². The third-order valence-electron chi connectivity index (χ3n) is 4.83. The van der Waals surface area contributed by atoms with E-state index in [0.717, 1.165) is 23.3 Å². The van der Waals surface area contributed by atoms with Crippen LogP contribution in [0.4, 0.5) is 31.0 Å². The van der Waals surface area contributed by atoms with Crippen LogP contribution in [0, 0.1) is 0 Å². The standard InChI is InChI=1S/C24H22F3N7/c25-24(26,27)20-8-4-7-19(13-20)16-31-23-33-21(29-14-17-5-2-1-3-6-17)32-22(34-23)30-15-18-9-11-28-12-10-18/h1-13H,14-16H2,(H3,29,30,31,32,33,34). The molecule has 0 fully saturated rings. The summed E-state index contributed by atoms with van der Waals surface area (Å²) in [6, 6.07) is 18.6. The summed E-state index contributed by atoms with van der Waals surface area (Å²) >= 11 is 0. The van der Waals surface area contributed by atoms with Crippen molar-refractivity contribution in [1.82, 2.24) is 19.9 Å². The molecule has 3 N–H and O–H groups in total. The highest BCUT2D eigenvalue weighted by Crippen LogP contribution is 2.29. The molecule has 2 aromatic carbocycles. The number of rotatable bonds is 9. The number of hydrogen-bond acceptors (Lipinski definition) is 7. The summed E-state index contributed by atoms with van der Waals surface area (Å²) in [4.78, 5) is 17.2. The Morgan fingerprint density at radius 2 is 1.09 bits per heavy atom. The van der Waals surface area contributed by atoms with Crippen molar-refractivity contribution in [3.8, 4) is 0 Å². The van der Waals surface area contributed by atoms with Crippen LogP contribution in [0.5, 0.6) is 0 Å². The lowest BCUT2D eigenvalue weighted by molar-refractivity contribution is -0.137. The lowest BCUT2D eigenvalue weighted by atomic mass is 10.1. The summed E-state index contributed by atoms with van der Waals surface area (Å²) in [6.45, 7) is 1.09. The summed E-state index contributed by atoms with van der Waals surface area (Å²) < 4.78 is 39.0. The largest absolute Gasteiger partial charge is 0.416 e. The first-order valence-corrected chi connectivity index (χ1v) is 10.5. The van der Waals surface area contributed by atoms with Gasteiger partial charge in [-0.3, -0.25) is 4.98 Å². The molecule has 0 aliphatic rings. The lowest BCUT2D eigenvalue weighted by Crippen LogP contribution is -2.13. The topological polar surface area (TPSA) is 87.7 Å². The molecule has 0 radical (unpaired) electrons. The van der Waals surface area contributed by atoms with Gasteiger partial charge in [-0.05, 0) is 41.0 Å². The van der Waals surface area contributed by atoms with E-state index in [1.165, 1.54) is 6.07 Å². The lowest BCUT2D eigenvalue weighted by Gasteiger charge is -2.12. The molecule has 34 heavy (non-hydrogen) atoms. The number of pyridine rings is 1. The van der Waals surface area contributed by atoms with Crippen LogP contribution in [0.2, 0.25) is 0 Å². The van der Waals surface area contributed by atoms with Crippen molar-refractivity contribution in [2.24, 2.45) is 0 Å². The molecule has 174 valence electrons. The van der Waals surface area contributed by atoms with E-state index < -0.39 is 11.7 Å². The Labute approximate surface area is 194 Å². The van der Waals surface area contributed by atoms with Crippen molar-refractivity contribution >= 4 is 17.8 Å². The number of anilines is 3. The average molecular weight is 465 g/mol. The van der Waals surface area contributed by atoms with E-state index in [-0.39, 0.29) is 12.5 Å². The van der Waals surface area contributed by atoms with Crippen LogP contribution in [0.25, 0.3) is 0 Å². The number of nitrogens with one attached hydrogen (secondary N) is 3. The van der Waals surface area contributed by atoms with Crippen LogP contribution < -0.4 is 16.0 Å². The SMILES string of the molecule is FC(F)(F)c1cccc(CNc2nc(NCc3ccccc3)nc(NCc3ccncc3)n2)c1. The molecule has 10 heteroatoms. The molecule has 0 unspecified atom stereocenters. The molecule has 2 aromatic heterocycles. The molecular formula is C24H22F3N7. The molecule has 4 aromatic rings. The third kappa shape index (κ3) is 6.64. The van der Waals surface area contributed by atoms with E-state index >= 15 is 0 Å². The van der Waals surface area contributed by atoms with Crippen molar-refractivity contribution in [2.45, 2.75) is 25.8 Å². The molecule has 0 spiro atoms. The summed E-state index contributed by atoms with van der Waals surface area (Å²) in [5.74, 6) is 0.900. The maximum Gasteiger partial charge on any atom is 0.416 e. The van der Waals surface area contributed by atoms with Gasteiger partial charge in [0.25, 0.3) is 0 Å². The molecule has 0 saturated carbocycles. The fourth-order valence-corrected chi connectivity index (χ4v) is 3.11. The molecular weight excluding hydrogens is 443 g/mol. The van der Waals surface area contributed by atoms with Gasteiger partial charge in [-0.15, -0.1) is 0 Å². The molecule has 4 rings (SSSR count). The minimum Gasteiger partial charge on any atom is -0.350 e. The van der Waals surface area contributed by atoms with Gasteiger partial charge in [0.2, 0.25) is 17.8 Å². The number of benzene rings is 2. The first-order valence-electron chi connectivity index (χ1n) is 10.5. The first kappa shape index (κ1) is 23.0. The second-order valence-electron chi connectivity index (χ2n) is 7.41. The number of nitrogens with zero attached hydrogens (tertiary/aromatic N) is 4. The maximum atomic E-state index is 13.0. The summed E-state index contributed by atoms with van der Waals surface area (Å²) in [5, 5.41) is 9.31. The van der Waals surface area contributed by atoms with E-state index in [1.807, 2.05) is 42.5 Å². The third-order valence-corrected chi connectivity index (χ3v) is 4.83. The number of halogens is 3. The van der Waals surface area contributed by atoms with Crippen molar-refractivity contribution < 1.29 is 13.2 Å². The van der Waals surface area contributed by atoms with Crippen LogP contribution in [0.3, 0.4) is 0 Å². The van der Waals surface area contributed by atoms with Crippen LogP contribution in [-0.2, 0) is 25.8 Å². The molecule has 7 nitrogen and oxygen atoms in total. The van der Waals surface area contributed by atoms with Gasteiger partial charge in [0.15, 0.2) is 0 Å². The monoisotopic (exact) mass is 465 g/mol. The minimum absolute atomic E-state index is 0.121. The highest BCUT2D eigenvalue weighted by Gasteiger charge is 2.30. The van der Waals surface area contributed by atoms with Gasteiger partial charge in [-0.25, -0.2) is 0 Å². The minimum atomic E-state index is -4.40. The van der Waals surface area contributed by atoms with Crippen LogP contribution in [0.15, 0.2) is 79.1 Å². The fraction of sp³-hybridized carbons (Fsp3) is 0.167. The number of alkyl halides is 3. The fourth-order valence-electron chi connectivity index (χ4n) is 3.11. The molecule has 0 saturated heterocycles. The molecule has 0 aliphatic carbocycles. The van der Waals surface area contributed by atoms with Gasteiger partial charge < -0.3 is 16.0 Å². The normalized spacial score (nSPS) is 11.1. The quantitative estimate of drug-likeness (QED) is 0.316. The van der Waals surface area contributed by atoms with E-state index in [1.54, 1.807) is 18.5 Å². The smallest absolute Gasteiger partial charge is 0.350 e. The molecule has 0 atom stereocenters. The zero-order valence-corrected chi connectivity index (χ0v) is 18.0. The first-order chi connectivity index (χ1) is 16.5. The van der Waals surface area contributed by atoms with E-state index in [2.05, 4.69) is 35.9 Å². The van der Waals surface area contributed by atoms with E-state index in [4.69, 9.17) is 0 Å². The number of hydrogen-bond donors (Lipinski definition) is 3. The zero-order valence-electron chi connectivity index (χ0n) is 18.0. The van der Waals surface area contributed by atoms with Gasteiger partial charge >= 0.3 is 6.18 Å². The Bertz CT molecular complexity index is 1140. The van der Waals surface area contributed by atoms with Gasteiger partial charge in [-0.2, -0.15) is 28.1 Å². The highest BCUT2D eigenvalue weighted by molar-refractivity contribution is 5.43. The molecule has 0 amide bonds. The average Bonchev–Trinajstić information content (AvgIpc) is 2.86. The van der Waals surface area contributed by atoms with Gasteiger partial charge in [0.1, 0.15) is 0 Å². The van der Waals surface area contributed by atoms with Crippen LogP contribution in [0.1, 0.15) is 22.3 Å². The Morgan fingerprint density at radius 1 is 0.588 bits per heavy atom. The van der Waals surface area contributed by atoms with Gasteiger partial charge in [0.05, 0.1) is 5.56 Å². The van der Waals surface area contributed by atoms with Crippen LogP contribution in [-0.4, -0.2) is 19.9 Å².